The van der Waals surface area contributed by atoms with Gasteiger partial charge in [0.05, 0.1) is 19.7 Å². The normalized spacial score (nSPS) is 12.7. The Balaban J connectivity index is 2.12. The van der Waals surface area contributed by atoms with Gasteiger partial charge in [0, 0.05) is 24.2 Å². The van der Waals surface area contributed by atoms with Crippen molar-refractivity contribution >= 4 is 5.96 Å². The van der Waals surface area contributed by atoms with Crippen LogP contribution in [0.2, 0.25) is 0 Å². The average molecular weight is 372 g/mol. The first kappa shape index (κ1) is 20.7. The Labute approximate surface area is 161 Å². The smallest absolute Gasteiger partial charge is 0.191 e. The molecule has 0 aromatic heterocycles. The summed E-state index contributed by atoms with van der Waals surface area (Å²) in [6.07, 6.45) is 0. The molecule has 27 heavy (non-hydrogen) atoms. The van der Waals surface area contributed by atoms with Gasteiger partial charge in [0.15, 0.2) is 5.96 Å². The summed E-state index contributed by atoms with van der Waals surface area (Å²) in [6.45, 7) is 3.65. The van der Waals surface area contributed by atoms with Crippen LogP contribution in [0.15, 0.2) is 53.5 Å². The molecule has 0 radical (unpaired) electrons. The van der Waals surface area contributed by atoms with Gasteiger partial charge in [-0.25, -0.2) is 9.38 Å². The fraction of sp³-hybridized carbons (Fsp3) is 0.381. The lowest BCUT2D eigenvalue weighted by Crippen LogP contribution is -2.41. The van der Waals surface area contributed by atoms with Gasteiger partial charge in [-0.15, -0.1) is 0 Å². The maximum absolute atomic E-state index is 13.8. The SMILES string of the molecule is CCNC(=NCc1ccccc1F)NCC(c1ccccc1OC)N(C)C. The van der Waals surface area contributed by atoms with E-state index < -0.39 is 0 Å². The van der Waals surface area contributed by atoms with Crippen molar-refractivity contribution in [2.45, 2.75) is 19.5 Å². The number of nitrogens with zero attached hydrogens (tertiary/aromatic N) is 2. The molecular formula is C21H29FN4O. The number of para-hydroxylation sites is 1. The van der Waals surface area contributed by atoms with Crippen molar-refractivity contribution < 1.29 is 9.13 Å². The van der Waals surface area contributed by atoms with Crippen LogP contribution in [0.1, 0.15) is 24.1 Å². The molecule has 1 atom stereocenters. The Kier molecular flexibility index (Phi) is 8.07. The van der Waals surface area contributed by atoms with E-state index in [1.807, 2.05) is 45.3 Å². The highest BCUT2D eigenvalue weighted by molar-refractivity contribution is 5.79. The number of ether oxygens (including phenoxy) is 1. The van der Waals surface area contributed by atoms with Crippen LogP contribution < -0.4 is 15.4 Å². The number of benzene rings is 2. The van der Waals surface area contributed by atoms with Crippen molar-refractivity contribution in [3.63, 3.8) is 0 Å². The molecule has 0 aliphatic carbocycles. The minimum atomic E-state index is -0.239. The van der Waals surface area contributed by atoms with E-state index in [1.165, 1.54) is 6.07 Å². The molecular weight excluding hydrogens is 343 g/mol. The first-order valence-electron chi connectivity index (χ1n) is 9.11. The minimum absolute atomic E-state index is 0.0958. The van der Waals surface area contributed by atoms with Gasteiger partial charge in [0.25, 0.3) is 0 Å². The lowest BCUT2D eigenvalue weighted by atomic mass is 10.0. The highest BCUT2D eigenvalue weighted by Crippen LogP contribution is 2.27. The Bertz CT molecular complexity index is 748. The molecule has 0 aliphatic heterocycles. The zero-order valence-corrected chi connectivity index (χ0v) is 16.5. The summed E-state index contributed by atoms with van der Waals surface area (Å²) in [7, 11) is 5.74. The van der Waals surface area contributed by atoms with E-state index in [2.05, 4.69) is 26.6 Å². The fourth-order valence-electron chi connectivity index (χ4n) is 2.84. The second-order valence-electron chi connectivity index (χ2n) is 6.39. The van der Waals surface area contributed by atoms with Crippen molar-refractivity contribution in [3.8, 4) is 5.75 Å². The first-order chi connectivity index (χ1) is 13.1. The highest BCUT2D eigenvalue weighted by Gasteiger charge is 2.18. The van der Waals surface area contributed by atoms with Gasteiger partial charge < -0.3 is 20.3 Å². The molecule has 0 fully saturated rings. The number of halogens is 1. The van der Waals surface area contributed by atoms with Crippen molar-refractivity contribution in [1.82, 2.24) is 15.5 Å². The Morgan fingerprint density at radius 1 is 1.11 bits per heavy atom. The molecule has 2 N–H and O–H groups in total. The van der Waals surface area contributed by atoms with Crippen LogP contribution in [-0.4, -0.2) is 45.2 Å². The molecule has 0 saturated heterocycles. The van der Waals surface area contributed by atoms with Gasteiger partial charge in [-0.1, -0.05) is 36.4 Å². The van der Waals surface area contributed by atoms with E-state index in [1.54, 1.807) is 19.2 Å². The average Bonchev–Trinajstić information content (AvgIpc) is 2.67. The lowest BCUT2D eigenvalue weighted by Gasteiger charge is -2.27. The second-order valence-corrected chi connectivity index (χ2v) is 6.39. The molecule has 0 heterocycles. The number of aliphatic imine (C=N–C) groups is 1. The molecule has 6 heteroatoms. The molecule has 0 saturated carbocycles. The number of hydrogen-bond donors (Lipinski definition) is 2. The molecule has 2 aromatic carbocycles. The molecule has 0 amide bonds. The predicted molar refractivity (Wildman–Crippen MR) is 109 cm³/mol. The van der Waals surface area contributed by atoms with E-state index in [0.29, 0.717) is 18.1 Å². The standard InChI is InChI=1S/C21H29FN4O/c1-5-23-21(24-14-16-10-6-8-12-18(16)22)25-15-19(26(2)3)17-11-7-9-13-20(17)27-4/h6-13,19H,5,14-15H2,1-4H3,(H2,23,24,25). The zero-order chi connectivity index (χ0) is 19.6. The summed E-state index contributed by atoms with van der Waals surface area (Å²) in [5, 5.41) is 6.57. The summed E-state index contributed by atoms with van der Waals surface area (Å²) in [4.78, 5) is 6.65. The second kappa shape index (κ2) is 10.5. The van der Waals surface area contributed by atoms with Crippen molar-refractivity contribution in [1.29, 1.82) is 0 Å². The monoisotopic (exact) mass is 372 g/mol. The summed E-state index contributed by atoms with van der Waals surface area (Å²) in [5.41, 5.74) is 1.67. The molecule has 0 bridgehead atoms. The van der Waals surface area contributed by atoms with Crippen LogP contribution in [0.25, 0.3) is 0 Å². The van der Waals surface area contributed by atoms with Crippen LogP contribution in [0.5, 0.6) is 5.75 Å². The summed E-state index contributed by atoms with van der Waals surface area (Å²) in [5.74, 6) is 1.27. The predicted octanol–water partition coefficient (Wildman–Crippen LogP) is 3.19. The minimum Gasteiger partial charge on any atom is -0.496 e. The van der Waals surface area contributed by atoms with E-state index >= 15 is 0 Å². The summed E-state index contributed by atoms with van der Waals surface area (Å²) < 4.78 is 19.3. The van der Waals surface area contributed by atoms with Crippen LogP contribution in [0.4, 0.5) is 4.39 Å². The third-order valence-electron chi connectivity index (χ3n) is 4.29. The van der Waals surface area contributed by atoms with Crippen LogP contribution in [-0.2, 0) is 6.54 Å². The lowest BCUT2D eigenvalue weighted by molar-refractivity contribution is 0.287. The Hall–Kier alpha value is -2.60. The first-order valence-corrected chi connectivity index (χ1v) is 9.11. The van der Waals surface area contributed by atoms with Gasteiger partial charge in [0.2, 0.25) is 0 Å². The maximum Gasteiger partial charge on any atom is 0.191 e. The van der Waals surface area contributed by atoms with E-state index in [0.717, 1.165) is 17.9 Å². The number of nitrogens with one attached hydrogen (secondary N) is 2. The van der Waals surface area contributed by atoms with Gasteiger partial charge >= 0.3 is 0 Å². The maximum atomic E-state index is 13.8. The van der Waals surface area contributed by atoms with Crippen molar-refractivity contribution in [2.24, 2.45) is 4.99 Å². The fourth-order valence-corrected chi connectivity index (χ4v) is 2.84. The number of methoxy groups -OCH3 is 1. The molecule has 2 rings (SSSR count). The molecule has 0 aliphatic rings. The van der Waals surface area contributed by atoms with Gasteiger partial charge in [-0.2, -0.15) is 0 Å². The Morgan fingerprint density at radius 3 is 2.48 bits per heavy atom. The molecule has 5 nitrogen and oxygen atoms in total. The number of rotatable bonds is 8. The molecule has 1 unspecified atom stereocenters. The molecule has 0 spiro atoms. The number of likely N-dealkylation sites (N-methyl/N-ethyl adjacent to an activating group) is 1. The third kappa shape index (κ3) is 5.96. The topological polar surface area (TPSA) is 48.9 Å². The van der Waals surface area contributed by atoms with Crippen molar-refractivity contribution in [3.05, 3.63) is 65.5 Å². The third-order valence-corrected chi connectivity index (χ3v) is 4.29. The van der Waals surface area contributed by atoms with E-state index in [9.17, 15) is 4.39 Å². The Morgan fingerprint density at radius 2 is 1.81 bits per heavy atom. The summed E-state index contributed by atoms with van der Waals surface area (Å²) in [6, 6.07) is 14.8. The van der Waals surface area contributed by atoms with E-state index in [4.69, 9.17) is 4.74 Å². The van der Waals surface area contributed by atoms with Gasteiger partial charge in [0.1, 0.15) is 11.6 Å². The highest BCUT2D eigenvalue weighted by atomic mass is 19.1. The number of hydrogen-bond acceptors (Lipinski definition) is 3. The zero-order valence-electron chi connectivity index (χ0n) is 16.5. The quantitative estimate of drug-likeness (QED) is 0.552. The van der Waals surface area contributed by atoms with Gasteiger partial charge in [-0.05, 0) is 33.2 Å². The molecule has 146 valence electrons. The largest absolute Gasteiger partial charge is 0.496 e. The summed E-state index contributed by atoms with van der Waals surface area (Å²) >= 11 is 0. The molecule has 2 aromatic rings. The van der Waals surface area contributed by atoms with Crippen molar-refractivity contribution in [2.75, 3.05) is 34.3 Å². The van der Waals surface area contributed by atoms with E-state index in [-0.39, 0.29) is 18.4 Å². The van der Waals surface area contributed by atoms with Crippen LogP contribution in [0, 0.1) is 5.82 Å². The van der Waals surface area contributed by atoms with Crippen LogP contribution in [0.3, 0.4) is 0 Å². The number of guanidine groups is 1. The van der Waals surface area contributed by atoms with Gasteiger partial charge in [-0.3, -0.25) is 0 Å². The van der Waals surface area contributed by atoms with Crippen LogP contribution >= 0.6 is 0 Å².